The fraction of sp³-hybridized carbons (Fsp3) is 0. The zero-order valence-corrected chi connectivity index (χ0v) is 5.19. The van der Waals surface area contributed by atoms with Crippen LogP contribution in [0.1, 0.15) is 0 Å². The van der Waals surface area contributed by atoms with E-state index in [0.29, 0.717) is 0 Å². The fourth-order valence-corrected chi connectivity index (χ4v) is 0. The van der Waals surface area contributed by atoms with Crippen LogP contribution in [0.25, 0.3) is 0 Å². The molecular weight excluding hydrogens is 175 g/mol. The number of hydrogen-bond donors (Lipinski definition) is 0. The molecule has 0 rings (SSSR count). The van der Waals surface area contributed by atoms with E-state index in [0.717, 1.165) is 0 Å². The van der Waals surface area contributed by atoms with Crippen molar-refractivity contribution in [2.75, 3.05) is 0 Å². The molecule has 0 aromatic heterocycles. The molecule has 9 heteroatoms. The molecule has 0 aromatic rings. The standard InChI is InChI=1S/2NO3.V/c2*2-1(3)4;/q2*-1;+2. The molecule has 0 N–H and O–H groups in total. The molecule has 0 spiro atoms. The first-order valence-corrected chi connectivity index (χ1v) is 1.10. The predicted molar refractivity (Wildman–Crippen MR) is 20.7 cm³/mol. The largest absolute Gasteiger partial charge is 2.00 e. The molecule has 0 aliphatic heterocycles. The third kappa shape index (κ3) is 168. The van der Waals surface area contributed by atoms with Crippen molar-refractivity contribution in [1.82, 2.24) is 0 Å². The van der Waals surface area contributed by atoms with Crippen molar-refractivity contribution < 1.29 is 28.7 Å². The molecule has 0 bridgehead atoms. The smallest absolute Gasteiger partial charge is 0.356 e. The van der Waals surface area contributed by atoms with Crippen molar-refractivity contribution in [2.45, 2.75) is 0 Å². The van der Waals surface area contributed by atoms with Gasteiger partial charge in [-0.05, 0) is 0 Å². The third-order valence-corrected chi connectivity index (χ3v) is 0. The summed E-state index contributed by atoms with van der Waals surface area (Å²) in [7, 11) is 0. The molecule has 0 heterocycles. The van der Waals surface area contributed by atoms with Crippen LogP contribution in [0.4, 0.5) is 0 Å². The van der Waals surface area contributed by atoms with Gasteiger partial charge in [-0.15, -0.1) is 0 Å². The predicted octanol–water partition coefficient (Wildman–Crippen LogP) is -0.481. The first kappa shape index (κ1) is 15.7. The Kier molecular flexibility index (Phi) is 17.5. The van der Waals surface area contributed by atoms with Gasteiger partial charge in [-0.2, -0.15) is 0 Å². The second-order valence-corrected chi connectivity index (χ2v) is 0.447. The molecule has 0 unspecified atom stereocenters. The summed E-state index contributed by atoms with van der Waals surface area (Å²) < 4.78 is 0. The van der Waals surface area contributed by atoms with Crippen LogP contribution in [0.5, 0.6) is 0 Å². The van der Waals surface area contributed by atoms with E-state index in [-0.39, 0.29) is 18.6 Å². The summed E-state index contributed by atoms with van der Waals surface area (Å²) in [5, 5.41) is 29.5. The molecule has 0 aromatic carbocycles. The van der Waals surface area contributed by atoms with Gasteiger partial charge in [0.2, 0.25) is 0 Å². The van der Waals surface area contributed by atoms with E-state index < -0.39 is 10.2 Å². The van der Waals surface area contributed by atoms with Crippen LogP contribution in [-0.4, -0.2) is 10.2 Å². The van der Waals surface area contributed by atoms with Crippen molar-refractivity contribution in [1.29, 1.82) is 0 Å². The molecule has 1 radical (unpaired) electrons. The summed E-state index contributed by atoms with van der Waals surface area (Å²) in [5.74, 6) is 0. The van der Waals surface area contributed by atoms with Crippen LogP contribution in [0, 0.1) is 30.6 Å². The molecule has 9 heavy (non-hydrogen) atoms. The average Bonchev–Trinajstić information content (AvgIpc) is 1.25. The maximum Gasteiger partial charge on any atom is 2.00 e. The summed E-state index contributed by atoms with van der Waals surface area (Å²) in [5.41, 5.74) is 0. The zero-order chi connectivity index (χ0) is 7.15. The van der Waals surface area contributed by atoms with Gasteiger partial charge in [-0.25, -0.2) is 0 Å². The van der Waals surface area contributed by atoms with Gasteiger partial charge in [0.25, 0.3) is 0 Å². The molecule has 0 atom stereocenters. The average molecular weight is 175 g/mol. The van der Waals surface area contributed by atoms with Crippen LogP contribution in [0.15, 0.2) is 0 Å². The molecule has 51 valence electrons. The van der Waals surface area contributed by atoms with Crippen LogP contribution < -0.4 is 0 Å². The Morgan fingerprint density at radius 1 is 0.778 bits per heavy atom. The van der Waals surface area contributed by atoms with Crippen molar-refractivity contribution >= 4 is 0 Å². The molecule has 0 saturated heterocycles. The van der Waals surface area contributed by atoms with Crippen molar-refractivity contribution in [3.8, 4) is 0 Å². The Hall–Kier alpha value is -1.02. The van der Waals surface area contributed by atoms with E-state index in [4.69, 9.17) is 30.6 Å². The summed E-state index contributed by atoms with van der Waals surface area (Å²) in [6.07, 6.45) is 0. The molecular formula is N2O6V. The fourth-order valence-electron chi connectivity index (χ4n) is 0. The van der Waals surface area contributed by atoms with Gasteiger partial charge >= 0.3 is 18.6 Å². The number of rotatable bonds is 0. The first-order chi connectivity index (χ1) is 3.46. The molecule has 0 fully saturated rings. The minimum Gasteiger partial charge on any atom is -0.356 e. The van der Waals surface area contributed by atoms with Crippen LogP contribution in [-0.2, 0) is 18.6 Å². The van der Waals surface area contributed by atoms with Crippen LogP contribution >= 0.6 is 0 Å². The number of hydrogen-bond acceptors (Lipinski definition) is 6. The SMILES string of the molecule is O=[N+]([O-])[O-].O=[N+]([O-])[O-].[V+2]. The van der Waals surface area contributed by atoms with Gasteiger partial charge in [0, 0.05) is 0 Å². The molecule has 8 nitrogen and oxygen atoms in total. The quantitative estimate of drug-likeness (QED) is 0.360. The Labute approximate surface area is 60.2 Å². The summed E-state index contributed by atoms with van der Waals surface area (Å²) in [4.78, 5) is 16.5. The number of nitrogens with zero attached hydrogens (tertiary/aromatic N) is 2. The first-order valence-electron chi connectivity index (χ1n) is 1.10. The van der Waals surface area contributed by atoms with E-state index in [1.165, 1.54) is 0 Å². The van der Waals surface area contributed by atoms with Crippen LogP contribution in [0.3, 0.4) is 0 Å². The minimum atomic E-state index is -1.75. The topological polar surface area (TPSA) is 132 Å². The summed E-state index contributed by atoms with van der Waals surface area (Å²) in [6, 6.07) is 0. The van der Waals surface area contributed by atoms with E-state index in [1.807, 2.05) is 0 Å². The van der Waals surface area contributed by atoms with Crippen molar-refractivity contribution in [3.05, 3.63) is 30.6 Å². The van der Waals surface area contributed by atoms with Crippen molar-refractivity contribution in [3.63, 3.8) is 0 Å². The normalized spacial score (nSPS) is 5.33. The maximum absolute atomic E-state index is 8.25. The van der Waals surface area contributed by atoms with Gasteiger partial charge in [0.05, 0.1) is 10.2 Å². The molecule has 0 aliphatic carbocycles. The van der Waals surface area contributed by atoms with Crippen LogP contribution in [0.2, 0.25) is 0 Å². The van der Waals surface area contributed by atoms with Crippen molar-refractivity contribution in [2.24, 2.45) is 0 Å². The maximum atomic E-state index is 8.25. The van der Waals surface area contributed by atoms with Gasteiger partial charge in [-0.1, -0.05) is 0 Å². The van der Waals surface area contributed by atoms with Gasteiger partial charge in [-0.3, -0.25) is 0 Å². The summed E-state index contributed by atoms with van der Waals surface area (Å²) in [6.45, 7) is 0. The minimum absolute atomic E-state index is 0. The Balaban J connectivity index is -0.0000000720. The molecule has 0 amide bonds. The van der Waals surface area contributed by atoms with Gasteiger partial charge in [0.15, 0.2) is 0 Å². The Morgan fingerprint density at radius 3 is 0.778 bits per heavy atom. The monoisotopic (exact) mass is 175 g/mol. The van der Waals surface area contributed by atoms with E-state index in [2.05, 4.69) is 0 Å². The van der Waals surface area contributed by atoms with E-state index in [9.17, 15) is 0 Å². The van der Waals surface area contributed by atoms with E-state index in [1.54, 1.807) is 0 Å². The zero-order valence-electron chi connectivity index (χ0n) is 3.79. The Bertz CT molecular complexity index is 69.1. The third-order valence-electron chi connectivity index (χ3n) is 0. The Morgan fingerprint density at radius 2 is 0.778 bits per heavy atom. The molecule has 0 saturated carbocycles. The van der Waals surface area contributed by atoms with Gasteiger partial charge in [0.1, 0.15) is 0 Å². The molecule has 0 aliphatic rings. The van der Waals surface area contributed by atoms with E-state index >= 15 is 0 Å². The summed E-state index contributed by atoms with van der Waals surface area (Å²) >= 11 is 0. The second-order valence-electron chi connectivity index (χ2n) is 0.447. The second kappa shape index (κ2) is 10.1. The van der Waals surface area contributed by atoms with Gasteiger partial charge < -0.3 is 30.6 Å².